The van der Waals surface area contributed by atoms with E-state index in [9.17, 15) is 18.0 Å². The van der Waals surface area contributed by atoms with Crippen LogP contribution in [0.25, 0.3) is 22.0 Å². The molecule has 1 amide bonds. The number of benzene rings is 3. The summed E-state index contributed by atoms with van der Waals surface area (Å²) in [6.45, 7) is 3.93. The number of fused-ring (bicyclic) bond motifs is 1. The van der Waals surface area contributed by atoms with Crippen molar-refractivity contribution in [1.82, 2.24) is 9.88 Å². The van der Waals surface area contributed by atoms with Gasteiger partial charge in [-0.2, -0.15) is 0 Å². The minimum absolute atomic E-state index is 0.196. The monoisotopic (exact) mass is 507 g/mol. The summed E-state index contributed by atoms with van der Waals surface area (Å²) in [5.74, 6) is -0.706. The Kier molecular flexibility index (Phi) is 7.07. The Morgan fingerprint density at radius 1 is 0.973 bits per heavy atom. The van der Waals surface area contributed by atoms with Crippen LogP contribution in [-0.2, 0) is 11.3 Å². The van der Waals surface area contributed by atoms with Gasteiger partial charge in [0.15, 0.2) is 0 Å². The van der Waals surface area contributed by atoms with E-state index in [0.717, 1.165) is 30.6 Å². The molecule has 190 valence electrons. The van der Waals surface area contributed by atoms with Crippen LogP contribution in [0.3, 0.4) is 0 Å². The number of anilines is 1. The molecule has 9 heteroatoms. The van der Waals surface area contributed by atoms with Gasteiger partial charge in [-0.25, -0.2) is 4.98 Å². The van der Waals surface area contributed by atoms with Gasteiger partial charge in [-0.15, -0.1) is 13.2 Å². The molecule has 1 fully saturated rings. The molecule has 6 nitrogen and oxygen atoms in total. The fourth-order valence-corrected chi connectivity index (χ4v) is 4.33. The lowest BCUT2D eigenvalue weighted by Gasteiger charge is -2.26. The SMILES string of the molecule is O=C(Nc1cccc(CN2CCOCC2)c1)c1ccc2cccc(-c3cccc(OC(F)(F)F)c3)c2n1. The first-order valence-electron chi connectivity index (χ1n) is 11.8. The van der Waals surface area contributed by atoms with Gasteiger partial charge in [0.2, 0.25) is 0 Å². The molecule has 3 aromatic carbocycles. The Morgan fingerprint density at radius 3 is 2.57 bits per heavy atom. The Balaban J connectivity index is 1.38. The fourth-order valence-electron chi connectivity index (χ4n) is 4.33. The minimum Gasteiger partial charge on any atom is -0.406 e. The van der Waals surface area contributed by atoms with E-state index in [2.05, 4.69) is 19.9 Å². The second-order valence-corrected chi connectivity index (χ2v) is 8.69. The van der Waals surface area contributed by atoms with E-state index in [0.29, 0.717) is 35.5 Å². The largest absolute Gasteiger partial charge is 0.573 e. The van der Waals surface area contributed by atoms with E-state index >= 15 is 0 Å². The van der Waals surface area contributed by atoms with E-state index in [1.54, 1.807) is 30.3 Å². The molecule has 0 unspecified atom stereocenters. The predicted molar refractivity (Wildman–Crippen MR) is 134 cm³/mol. The van der Waals surface area contributed by atoms with Gasteiger partial charge in [0.25, 0.3) is 5.91 Å². The van der Waals surface area contributed by atoms with E-state index in [-0.39, 0.29) is 17.4 Å². The quantitative estimate of drug-likeness (QED) is 0.353. The molecule has 0 saturated carbocycles. The lowest BCUT2D eigenvalue weighted by molar-refractivity contribution is -0.274. The van der Waals surface area contributed by atoms with Crippen molar-refractivity contribution in [2.24, 2.45) is 0 Å². The zero-order valence-electron chi connectivity index (χ0n) is 19.8. The van der Waals surface area contributed by atoms with Gasteiger partial charge in [0.05, 0.1) is 18.7 Å². The third-order valence-corrected chi connectivity index (χ3v) is 6.03. The van der Waals surface area contributed by atoms with Crippen LogP contribution in [0.4, 0.5) is 18.9 Å². The van der Waals surface area contributed by atoms with E-state index in [1.165, 1.54) is 18.2 Å². The zero-order valence-corrected chi connectivity index (χ0v) is 19.8. The van der Waals surface area contributed by atoms with Gasteiger partial charge in [-0.05, 0) is 41.5 Å². The van der Waals surface area contributed by atoms with Crippen molar-refractivity contribution < 1.29 is 27.4 Å². The number of morpholine rings is 1. The van der Waals surface area contributed by atoms with Crippen LogP contribution >= 0.6 is 0 Å². The van der Waals surface area contributed by atoms with Crippen molar-refractivity contribution in [2.45, 2.75) is 12.9 Å². The van der Waals surface area contributed by atoms with Crippen molar-refractivity contribution in [1.29, 1.82) is 0 Å². The van der Waals surface area contributed by atoms with Crippen molar-refractivity contribution in [2.75, 3.05) is 31.6 Å². The molecular weight excluding hydrogens is 483 g/mol. The standard InChI is InChI=1S/C28H24F3N3O3/c29-28(30,31)37-23-8-2-6-21(17-23)24-9-3-5-20-10-11-25(33-26(20)24)27(35)32-22-7-1-4-19(16-22)18-34-12-14-36-15-13-34/h1-11,16-17H,12-15,18H2,(H,32,35). The summed E-state index contributed by atoms with van der Waals surface area (Å²) >= 11 is 0. The van der Waals surface area contributed by atoms with Crippen LogP contribution in [0.5, 0.6) is 5.75 Å². The third kappa shape index (κ3) is 6.25. The average molecular weight is 508 g/mol. The second kappa shape index (κ2) is 10.6. The van der Waals surface area contributed by atoms with Gasteiger partial charge in [-0.3, -0.25) is 9.69 Å². The topological polar surface area (TPSA) is 63.7 Å². The van der Waals surface area contributed by atoms with Gasteiger partial charge >= 0.3 is 6.36 Å². The van der Waals surface area contributed by atoms with Crippen molar-refractivity contribution in [3.05, 3.63) is 90.1 Å². The number of carbonyl (C=O) groups is 1. The molecule has 0 aliphatic carbocycles. The number of nitrogens with one attached hydrogen (secondary N) is 1. The maximum atomic E-state index is 13.1. The predicted octanol–water partition coefficient (Wildman–Crippen LogP) is 5.88. The first-order valence-corrected chi connectivity index (χ1v) is 11.8. The number of rotatable bonds is 6. The first-order chi connectivity index (χ1) is 17.8. The number of aromatic nitrogens is 1. The zero-order chi connectivity index (χ0) is 25.8. The molecule has 0 spiro atoms. The molecule has 1 N–H and O–H groups in total. The van der Waals surface area contributed by atoms with Gasteiger partial charge in [0, 0.05) is 36.3 Å². The third-order valence-electron chi connectivity index (χ3n) is 6.03. The number of ether oxygens (including phenoxy) is 2. The maximum absolute atomic E-state index is 13.1. The average Bonchev–Trinajstić information content (AvgIpc) is 2.88. The number of nitrogens with zero attached hydrogens (tertiary/aromatic N) is 2. The number of para-hydroxylation sites is 1. The highest BCUT2D eigenvalue weighted by Gasteiger charge is 2.31. The van der Waals surface area contributed by atoms with E-state index in [4.69, 9.17) is 4.74 Å². The first kappa shape index (κ1) is 24.7. The van der Waals surface area contributed by atoms with E-state index in [1.807, 2.05) is 30.3 Å². The molecule has 4 aromatic rings. The molecule has 5 rings (SSSR count). The molecule has 1 aliphatic heterocycles. The Morgan fingerprint density at radius 2 is 1.76 bits per heavy atom. The lowest BCUT2D eigenvalue weighted by Crippen LogP contribution is -2.35. The highest BCUT2D eigenvalue weighted by Crippen LogP contribution is 2.32. The molecule has 0 bridgehead atoms. The molecule has 37 heavy (non-hydrogen) atoms. The maximum Gasteiger partial charge on any atom is 0.573 e. The van der Waals surface area contributed by atoms with Crippen LogP contribution < -0.4 is 10.1 Å². The van der Waals surface area contributed by atoms with Gasteiger partial charge < -0.3 is 14.8 Å². The number of alkyl halides is 3. The van der Waals surface area contributed by atoms with Crippen molar-refractivity contribution in [3.63, 3.8) is 0 Å². The highest BCUT2D eigenvalue weighted by molar-refractivity contribution is 6.05. The van der Waals surface area contributed by atoms with Crippen LogP contribution in [0.2, 0.25) is 0 Å². The summed E-state index contributed by atoms with van der Waals surface area (Å²) in [7, 11) is 0. The van der Waals surface area contributed by atoms with Crippen molar-refractivity contribution >= 4 is 22.5 Å². The summed E-state index contributed by atoms with van der Waals surface area (Å²) in [6.07, 6.45) is -4.79. The number of carbonyl (C=O) groups excluding carboxylic acids is 1. The summed E-state index contributed by atoms with van der Waals surface area (Å²) in [5.41, 5.74) is 3.51. The van der Waals surface area contributed by atoms with Gasteiger partial charge in [-0.1, -0.05) is 48.5 Å². The molecule has 1 saturated heterocycles. The molecular formula is C28H24F3N3O3. The number of halogens is 3. The number of amides is 1. The Bertz CT molecular complexity index is 1420. The van der Waals surface area contributed by atoms with Crippen LogP contribution in [0.15, 0.2) is 78.9 Å². The number of hydrogen-bond donors (Lipinski definition) is 1. The van der Waals surface area contributed by atoms with Crippen LogP contribution in [0, 0.1) is 0 Å². The van der Waals surface area contributed by atoms with Crippen LogP contribution in [0.1, 0.15) is 16.1 Å². The van der Waals surface area contributed by atoms with Crippen LogP contribution in [-0.4, -0.2) is 48.5 Å². The second-order valence-electron chi connectivity index (χ2n) is 8.69. The lowest BCUT2D eigenvalue weighted by atomic mass is 10.0. The van der Waals surface area contributed by atoms with Crippen molar-refractivity contribution in [3.8, 4) is 16.9 Å². The summed E-state index contributed by atoms with van der Waals surface area (Å²) in [4.78, 5) is 19.9. The normalized spacial score (nSPS) is 14.5. The molecule has 0 atom stereocenters. The molecule has 1 aromatic heterocycles. The van der Waals surface area contributed by atoms with Gasteiger partial charge in [0.1, 0.15) is 11.4 Å². The fraction of sp³-hybridized carbons (Fsp3) is 0.214. The molecule has 1 aliphatic rings. The number of hydrogen-bond acceptors (Lipinski definition) is 5. The minimum atomic E-state index is -4.79. The Labute approximate surface area is 211 Å². The summed E-state index contributed by atoms with van der Waals surface area (Å²) < 4.78 is 47.6. The highest BCUT2D eigenvalue weighted by atomic mass is 19.4. The summed E-state index contributed by atoms with van der Waals surface area (Å²) in [6, 6.07) is 22.1. The molecule has 2 heterocycles. The smallest absolute Gasteiger partial charge is 0.406 e. The Hall–Kier alpha value is -3.95. The molecule has 0 radical (unpaired) electrons. The number of pyridine rings is 1. The van der Waals surface area contributed by atoms with E-state index < -0.39 is 6.36 Å². The summed E-state index contributed by atoms with van der Waals surface area (Å²) in [5, 5.41) is 3.66.